The number of methoxy groups -OCH3 is 6. The van der Waals surface area contributed by atoms with E-state index in [2.05, 4.69) is 43.0 Å². The van der Waals surface area contributed by atoms with Gasteiger partial charge in [-0.1, -0.05) is 109 Å². The highest BCUT2D eigenvalue weighted by Crippen LogP contribution is 2.29. The predicted molar refractivity (Wildman–Crippen MR) is 314 cm³/mol. The maximum absolute atomic E-state index is 8.52. The van der Waals surface area contributed by atoms with Crippen molar-refractivity contribution in [2.45, 2.75) is 0 Å². The summed E-state index contributed by atoms with van der Waals surface area (Å²) in [6.07, 6.45) is 0. The van der Waals surface area contributed by atoms with Crippen LogP contribution in [-0.2, 0) is 0 Å². The molecule has 0 aromatic heterocycles. The van der Waals surface area contributed by atoms with Gasteiger partial charge in [0.2, 0.25) is 0 Å². The van der Waals surface area contributed by atoms with E-state index in [1.165, 1.54) is 0 Å². The highest BCUT2D eigenvalue weighted by Gasteiger charge is 2.14. The van der Waals surface area contributed by atoms with Gasteiger partial charge in [0.15, 0.2) is 5.11 Å². The zero-order valence-electron chi connectivity index (χ0n) is 42.3. The molecular weight excluding hydrogens is 981 g/mol. The molecule has 8 aromatic carbocycles. The van der Waals surface area contributed by atoms with Crippen LogP contribution in [0.15, 0.2) is 221 Å². The van der Waals surface area contributed by atoms with Crippen LogP contribution >= 0.6 is 24.4 Å². The summed E-state index contributed by atoms with van der Waals surface area (Å²) in [5.41, 5.74) is 17.5. The van der Waals surface area contributed by atoms with Crippen LogP contribution in [0.5, 0.6) is 34.5 Å². The Hall–Kier alpha value is -9.52. The summed E-state index contributed by atoms with van der Waals surface area (Å²) in [6.45, 7) is 0. The maximum atomic E-state index is 8.52. The second-order valence-electron chi connectivity index (χ2n) is 14.7. The summed E-state index contributed by atoms with van der Waals surface area (Å²) < 4.78 is 31.3. The summed E-state index contributed by atoms with van der Waals surface area (Å²) in [4.78, 5) is 12.8. The van der Waals surface area contributed by atoms with E-state index in [0.29, 0.717) is 62.5 Å². The van der Waals surface area contributed by atoms with E-state index in [1.807, 2.05) is 188 Å². The summed E-state index contributed by atoms with van der Waals surface area (Å²) >= 11 is 9.88. The van der Waals surface area contributed by atoms with Gasteiger partial charge in [-0.05, 0) is 121 Å². The van der Waals surface area contributed by atoms with Gasteiger partial charge < -0.3 is 50.5 Å². The minimum Gasteiger partial charge on any atom is -0.496 e. The Morgan fingerprint density at radius 1 is 0.507 bits per heavy atom. The van der Waals surface area contributed by atoms with Crippen LogP contribution in [0.2, 0.25) is 0 Å². The topological polar surface area (TPSA) is 192 Å². The summed E-state index contributed by atoms with van der Waals surface area (Å²) in [7, 11) is 9.62. The standard InChI is InChI=1S/C22H21N3O2S.C15H16N2O2.C8H7NO.C7H9NO.C7H5NS.H2/c1-26-19-14-8-6-12-17(19)21(24-18-13-7-9-15-20(18)27-2)25-22(28)23-16-10-4-3-5-11-16;1-18-13-9-5-3-7-11(13)15(16)17-12-8-4-6-10-14(12)19-2;1-10-8-5-3-2-4-7(8)6-9;1-9-7-5-3-2-4-6(7)8;9-6-8-7-4-2-1-3-5-7;/h3-15H,1-2H3,(H2,23,24,25,28);3-10H,1-2H3,(H2,16,17);2-5H,1H3;2-5H,8H2,1H3;1-5H;1H. The molecule has 6 N–H and O–H groups in total. The highest BCUT2D eigenvalue weighted by molar-refractivity contribution is 7.80. The Balaban J connectivity index is 0.000000272. The largest absolute Gasteiger partial charge is 0.496 e. The molecule has 0 heterocycles. The number of anilines is 3. The van der Waals surface area contributed by atoms with Gasteiger partial charge in [0, 0.05) is 7.11 Å². The third-order valence-electron chi connectivity index (χ3n) is 9.97. The molecule has 0 fully saturated rings. The number of nitrogens with zero attached hydrogens (tertiary/aromatic N) is 4. The quantitative estimate of drug-likeness (QED) is 0.0391. The van der Waals surface area contributed by atoms with Crippen LogP contribution in [0.1, 0.15) is 18.1 Å². The fourth-order valence-electron chi connectivity index (χ4n) is 6.37. The number of thiocarbonyl (C=S) groups is 2. The van der Waals surface area contributed by atoms with E-state index in [-0.39, 0.29) is 1.43 Å². The van der Waals surface area contributed by atoms with E-state index >= 15 is 0 Å². The number of ether oxygens (including phenoxy) is 6. The molecule has 0 aliphatic heterocycles. The number of isothiocyanates is 1. The van der Waals surface area contributed by atoms with Crippen molar-refractivity contribution in [1.29, 1.82) is 5.26 Å². The fourth-order valence-corrected chi connectivity index (χ4v) is 6.69. The lowest BCUT2D eigenvalue weighted by molar-refractivity contribution is 0.413. The molecule has 0 radical (unpaired) electrons. The number of aliphatic imine (C=N–C) groups is 3. The average molecular weight is 1040 g/mol. The Kier molecular flexibility index (Phi) is 25.7. The Labute approximate surface area is 451 Å². The minimum absolute atomic E-state index is 0. The summed E-state index contributed by atoms with van der Waals surface area (Å²) in [6, 6.07) is 65.9. The van der Waals surface area contributed by atoms with Crippen molar-refractivity contribution >= 4 is 74.8 Å². The molecule has 0 aliphatic rings. The lowest BCUT2D eigenvalue weighted by Gasteiger charge is -2.16. The van der Waals surface area contributed by atoms with Crippen molar-refractivity contribution in [1.82, 2.24) is 0 Å². The Bertz CT molecular complexity index is 3170. The normalized spacial score (nSPS) is 10.0. The Morgan fingerprint density at radius 3 is 1.51 bits per heavy atom. The summed E-state index contributed by atoms with van der Waals surface area (Å²) in [5.74, 6) is 5.07. The molecule has 8 aromatic rings. The molecule has 75 heavy (non-hydrogen) atoms. The minimum atomic E-state index is 0. The molecule has 0 aliphatic carbocycles. The lowest BCUT2D eigenvalue weighted by atomic mass is 10.1. The van der Waals surface area contributed by atoms with Crippen molar-refractivity contribution in [2.75, 3.05) is 59.0 Å². The number of nitrogens with two attached hydrogens (primary N) is 2. The van der Waals surface area contributed by atoms with Gasteiger partial charge >= 0.3 is 0 Å². The number of amidine groups is 2. The van der Waals surface area contributed by atoms with Gasteiger partial charge in [-0.15, -0.1) is 0 Å². The smallest absolute Gasteiger partial charge is 0.199 e. The van der Waals surface area contributed by atoms with Crippen molar-refractivity contribution in [2.24, 2.45) is 20.7 Å². The number of hydrogen-bond acceptors (Lipinski definition) is 12. The second kappa shape index (κ2) is 33.2. The monoisotopic (exact) mass is 1040 g/mol. The zero-order valence-corrected chi connectivity index (χ0v) is 44.0. The average Bonchev–Trinajstić information content (AvgIpc) is 3.46. The third kappa shape index (κ3) is 19.5. The van der Waals surface area contributed by atoms with Gasteiger partial charge in [0.1, 0.15) is 57.9 Å². The molecule has 0 saturated carbocycles. The van der Waals surface area contributed by atoms with Crippen LogP contribution in [0.25, 0.3) is 0 Å². The first-order chi connectivity index (χ1) is 36.6. The Morgan fingerprint density at radius 2 is 0.960 bits per heavy atom. The van der Waals surface area contributed by atoms with Crippen molar-refractivity contribution in [3.8, 4) is 40.6 Å². The molecular formula is C59H60N8O6S2. The number of rotatable bonds is 12. The van der Waals surface area contributed by atoms with Crippen LogP contribution in [0.4, 0.5) is 28.4 Å². The molecule has 0 amide bonds. The second-order valence-corrected chi connectivity index (χ2v) is 15.3. The van der Waals surface area contributed by atoms with E-state index < -0.39 is 0 Å². The van der Waals surface area contributed by atoms with E-state index in [4.69, 9.17) is 57.4 Å². The number of para-hydroxylation sites is 11. The molecule has 0 unspecified atom stereocenters. The first-order valence-corrected chi connectivity index (χ1v) is 23.6. The van der Waals surface area contributed by atoms with Gasteiger partial charge in [-0.3, -0.25) is 0 Å². The number of nitrogens with one attached hydrogen (secondary N) is 2. The maximum Gasteiger partial charge on any atom is 0.199 e. The van der Waals surface area contributed by atoms with Crippen LogP contribution in [0.3, 0.4) is 0 Å². The molecule has 0 saturated heterocycles. The number of benzene rings is 8. The van der Waals surface area contributed by atoms with Gasteiger partial charge in [0.25, 0.3) is 0 Å². The van der Waals surface area contributed by atoms with E-state index in [9.17, 15) is 0 Å². The first-order valence-electron chi connectivity index (χ1n) is 22.8. The number of nitrogen functional groups attached to an aromatic ring is 1. The zero-order chi connectivity index (χ0) is 54.0. The SMILES string of the molecule is COc1ccccc1C#N.COc1ccccc1N.COc1ccccc1N=C(N)c1ccccc1OC.COc1ccccc1NC(=NC(=S)Nc1ccccc1)c1ccccc1OC.S=C=Nc1ccccc1.[HH]. The van der Waals surface area contributed by atoms with Crippen molar-refractivity contribution in [3.05, 3.63) is 223 Å². The van der Waals surface area contributed by atoms with Gasteiger partial charge in [-0.25, -0.2) is 9.98 Å². The van der Waals surface area contributed by atoms with E-state index in [0.717, 1.165) is 33.9 Å². The molecule has 8 rings (SSSR count). The molecule has 0 spiro atoms. The number of hydrogen-bond donors (Lipinski definition) is 4. The predicted octanol–water partition coefficient (Wildman–Crippen LogP) is 13.2. The molecule has 384 valence electrons. The fraction of sp³-hybridized carbons (Fsp3) is 0.102. The van der Waals surface area contributed by atoms with Crippen molar-refractivity contribution < 1.29 is 29.8 Å². The van der Waals surface area contributed by atoms with E-state index in [1.54, 1.807) is 66.9 Å². The first kappa shape index (κ1) is 58.1. The van der Waals surface area contributed by atoms with Gasteiger partial charge in [0.05, 0.1) is 81.6 Å². The molecule has 14 nitrogen and oxygen atoms in total. The highest BCUT2D eigenvalue weighted by atomic mass is 32.1. The van der Waals surface area contributed by atoms with Crippen LogP contribution in [-0.4, -0.2) is 64.6 Å². The van der Waals surface area contributed by atoms with Crippen molar-refractivity contribution in [3.63, 3.8) is 0 Å². The third-order valence-corrected chi connectivity index (χ3v) is 10.3. The molecule has 0 bridgehead atoms. The molecule has 0 atom stereocenters. The van der Waals surface area contributed by atoms with Crippen LogP contribution in [0, 0.1) is 11.3 Å². The van der Waals surface area contributed by atoms with Crippen LogP contribution < -0.4 is 50.5 Å². The summed E-state index contributed by atoms with van der Waals surface area (Å²) in [5, 5.41) is 17.6. The van der Waals surface area contributed by atoms with Gasteiger partial charge in [-0.2, -0.15) is 10.3 Å². The lowest BCUT2D eigenvalue weighted by Crippen LogP contribution is -2.19. The molecule has 16 heteroatoms. The number of nitriles is 1.